The van der Waals surface area contributed by atoms with Crippen LogP contribution >= 0.6 is 0 Å². The predicted octanol–water partition coefficient (Wildman–Crippen LogP) is 4.23. The number of rotatable bonds is 4. The molecule has 0 bridgehead atoms. The van der Waals surface area contributed by atoms with Gasteiger partial charge in [-0.3, -0.25) is 4.79 Å². The maximum Gasteiger partial charge on any atom is 0.261 e. The van der Waals surface area contributed by atoms with Crippen LogP contribution in [0.5, 0.6) is 0 Å². The fraction of sp³-hybridized carbons (Fsp3) is 0.200. The molecule has 0 aliphatic rings. The maximum absolute atomic E-state index is 12.9. The SMILES string of the molecule is Cc1onc(-c2ccccc2)c1C(=O)Nc1cnc2c(cnn2C(C)C)c1. The van der Waals surface area contributed by atoms with Gasteiger partial charge in [0.15, 0.2) is 5.65 Å². The standard InChI is InChI=1S/C20H19N5O2/c1-12(2)25-19-15(10-22-25)9-16(11-21-19)23-20(26)17-13(3)27-24-18(17)14-7-5-4-6-8-14/h4-12H,1-3H3,(H,23,26). The number of pyridine rings is 1. The summed E-state index contributed by atoms with van der Waals surface area (Å²) in [6.07, 6.45) is 3.38. The minimum Gasteiger partial charge on any atom is -0.360 e. The monoisotopic (exact) mass is 361 g/mol. The topological polar surface area (TPSA) is 85.8 Å². The summed E-state index contributed by atoms with van der Waals surface area (Å²) in [6.45, 7) is 5.82. The number of hydrogen-bond acceptors (Lipinski definition) is 5. The second-order valence-electron chi connectivity index (χ2n) is 6.60. The molecule has 0 spiro atoms. The number of aromatic nitrogens is 4. The summed E-state index contributed by atoms with van der Waals surface area (Å²) in [4.78, 5) is 17.3. The number of fused-ring (bicyclic) bond motifs is 1. The lowest BCUT2D eigenvalue weighted by molar-refractivity contribution is 0.102. The van der Waals surface area contributed by atoms with Crippen molar-refractivity contribution in [2.24, 2.45) is 0 Å². The van der Waals surface area contributed by atoms with E-state index in [4.69, 9.17) is 4.52 Å². The highest BCUT2D eigenvalue weighted by atomic mass is 16.5. The molecule has 7 heteroatoms. The van der Waals surface area contributed by atoms with Gasteiger partial charge in [-0.05, 0) is 26.8 Å². The molecule has 0 saturated heterocycles. The Balaban J connectivity index is 1.65. The number of carbonyl (C=O) groups is 1. The molecule has 0 radical (unpaired) electrons. The van der Waals surface area contributed by atoms with Crippen molar-refractivity contribution in [3.63, 3.8) is 0 Å². The van der Waals surface area contributed by atoms with Crippen LogP contribution in [0.4, 0.5) is 5.69 Å². The molecule has 3 heterocycles. The Labute approximate surface area is 156 Å². The maximum atomic E-state index is 12.9. The van der Waals surface area contributed by atoms with Crippen molar-refractivity contribution in [1.29, 1.82) is 0 Å². The number of nitrogens with zero attached hydrogens (tertiary/aromatic N) is 4. The summed E-state index contributed by atoms with van der Waals surface area (Å²) in [5.74, 6) is 0.179. The largest absolute Gasteiger partial charge is 0.360 e. The first-order valence-corrected chi connectivity index (χ1v) is 8.71. The minimum atomic E-state index is -0.287. The van der Waals surface area contributed by atoms with Crippen molar-refractivity contribution in [3.8, 4) is 11.3 Å². The number of nitrogens with one attached hydrogen (secondary N) is 1. The lowest BCUT2D eigenvalue weighted by Crippen LogP contribution is -2.13. The van der Waals surface area contributed by atoms with Crippen LogP contribution in [0.15, 0.2) is 53.3 Å². The molecule has 0 atom stereocenters. The number of carbonyl (C=O) groups excluding carboxylic acids is 1. The zero-order valence-electron chi connectivity index (χ0n) is 15.3. The van der Waals surface area contributed by atoms with Gasteiger partial charge in [0.2, 0.25) is 0 Å². The van der Waals surface area contributed by atoms with Crippen molar-refractivity contribution < 1.29 is 9.32 Å². The zero-order valence-corrected chi connectivity index (χ0v) is 15.3. The number of amides is 1. The van der Waals surface area contributed by atoms with E-state index in [1.54, 1.807) is 19.3 Å². The fourth-order valence-corrected chi connectivity index (χ4v) is 3.01. The third-order valence-electron chi connectivity index (χ3n) is 4.32. The molecule has 0 aliphatic heterocycles. The van der Waals surface area contributed by atoms with Crippen molar-refractivity contribution in [2.45, 2.75) is 26.8 Å². The van der Waals surface area contributed by atoms with Gasteiger partial charge in [-0.1, -0.05) is 35.5 Å². The van der Waals surface area contributed by atoms with Gasteiger partial charge < -0.3 is 9.84 Å². The molecule has 4 rings (SSSR count). The second kappa shape index (κ2) is 6.68. The fourth-order valence-electron chi connectivity index (χ4n) is 3.01. The van der Waals surface area contributed by atoms with Crippen molar-refractivity contribution in [2.75, 3.05) is 5.32 Å². The normalized spacial score (nSPS) is 11.3. The molecule has 1 N–H and O–H groups in total. The Morgan fingerprint density at radius 1 is 1.19 bits per heavy atom. The molecular formula is C20H19N5O2. The van der Waals surface area contributed by atoms with Crippen molar-refractivity contribution in [3.05, 3.63) is 60.1 Å². The quantitative estimate of drug-likeness (QED) is 0.588. The third-order valence-corrected chi connectivity index (χ3v) is 4.32. The van der Waals surface area contributed by atoms with Crippen LogP contribution in [-0.4, -0.2) is 25.8 Å². The number of anilines is 1. The first-order valence-electron chi connectivity index (χ1n) is 8.71. The van der Waals surface area contributed by atoms with E-state index in [1.807, 2.05) is 54.9 Å². The molecule has 1 aromatic carbocycles. The van der Waals surface area contributed by atoms with E-state index in [0.29, 0.717) is 22.7 Å². The van der Waals surface area contributed by atoms with Crippen molar-refractivity contribution >= 4 is 22.6 Å². The number of benzene rings is 1. The van der Waals surface area contributed by atoms with Gasteiger partial charge in [0.25, 0.3) is 5.91 Å². The Bertz CT molecular complexity index is 1110. The Morgan fingerprint density at radius 3 is 2.70 bits per heavy atom. The number of hydrogen-bond donors (Lipinski definition) is 1. The van der Waals surface area contributed by atoms with E-state index < -0.39 is 0 Å². The Kier molecular flexibility index (Phi) is 4.19. The van der Waals surface area contributed by atoms with Gasteiger partial charge in [0.1, 0.15) is 17.0 Å². The lowest BCUT2D eigenvalue weighted by Gasteiger charge is -2.08. The highest BCUT2D eigenvalue weighted by Crippen LogP contribution is 2.26. The van der Waals surface area contributed by atoms with Gasteiger partial charge in [0, 0.05) is 17.0 Å². The highest BCUT2D eigenvalue weighted by molar-refractivity contribution is 6.09. The molecule has 0 aliphatic carbocycles. The average Bonchev–Trinajstić information content (AvgIpc) is 3.25. The predicted molar refractivity (Wildman–Crippen MR) is 103 cm³/mol. The molecule has 136 valence electrons. The van der Waals surface area contributed by atoms with E-state index in [2.05, 4.69) is 20.6 Å². The van der Waals surface area contributed by atoms with E-state index in [-0.39, 0.29) is 11.9 Å². The van der Waals surface area contributed by atoms with Crippen LogP contribution in [0.3, 0.4) is 0 Å². The van der Waals surface area contributed by atoms with Gasteiger partial charge in [0.05, 0.1) is 18.1 Å². The smallest absolute Gasteiger partial charge is 0.261 e. The van der Waals surface area contributed by atoms with Crippen LogP contribution in [0.2, 0.25) is 0 Å². The molecule has 7 nitrogen and oxygen atoms in total. The summed E-state index contributed by atoms with van der Waals surface area (Å²) in [5.41, 5.74) is 3.14. The van der Waals surface area contributed by atoms with Crippen LogP contribution < -0.4 is 5.32 Å². The highest BCUT2D eigenvalue weighted by Gasteiger charge is 2.22. The van der Waals surface area contributed by atoms with Gasteiger partial charge in [-0.2, -0.15) is 5.10 Å². The summed E-state index contributed by atoms with van der Waals surface area (Å²) in [7, 11) is 0. The van der Waals surface area contributed by atoms with Gasteiger partial charge in [-0.25, -0.2) is 9.67 Å². The van der Waals surface area contributed by atoms with Gasteiger partial charge in [-0.15, -0.1) is 0 Å². The first-order chi connectivity index (χ1) is 13.0. The van der Waals surface area contributed by atoms with E-state index in [1.165, 1.54) is 0 Å². The Hall–Kier alpha value is -3.48. The summed E-state index contributed by atoms with van der Waals surface area (Å²) in [6, 6.07) is 11.6. The van der Waals surface area contributed by atoms with E-state index >= 15 is 0 Å². The average molecular weight is 361 g/mol. The van der Waals surface area contributed by atoms with Crippen LogP contribution in [0.25, 0.3) is 22.3 Å². The lowest BCUT2D eigenvalue weighted by atomic mass is 10.1. The molecule has 27 heavy (non-hydrogen) atoms. The zero-order chi connectivity index (χ0) is 19.0. The third kappa shape index (κ3) is 3.08. The van der Waals surface area contributed by atoms with Crippen LogP contribution in [-0.2, 0) is 0 Å². The van der Waals surface area contributed by atoms with E-state index in [9.17, 15) is 4.79 Å². The minimum absolute atomic E-state index is 0.212. The summed E-state index contributed by atoms with van der Waals surface area (Å²) in [5, 5.41) is 12.2. The second-order valence-corrected chi connectivity index (χ2v) is 6.60. The molecule has 0 saturated carbocycles. The molecule has 0 unspecified atom stereocenters. The van der Waals surface area contributed by atoms with Gasteiger partial charge >= 0.3 is 0 Å². The van der Waals surface area contributed by atoms with E-state index in [0.717, 1.165) is 16.6 Å². The summed E-state index contributed by atoms with van der Waals surface area (Å²) >= 11 is 0. The molecule has 4 aromatic rings. The number of aryl methyl sites for hydroxylation is 1. The molecular weight excluding hydrogens is 342 g/mol. The first kappa shape index (κ1) is 17.0. The van der Waals surface area contributed by atoms with Crippen molar-refractivity contribution in [1.82, 2.24) is 19.9 Å². The Morgan fingerprint density at radius 2 is 1.96 bits per heavy atom. The molecule has 3 aromatic heterocycles. The van der Waals surface area contributed by atoms with Crippen LogP contribution in [0, 0.1) is 6.92 Å². The molecule has 1 amide bonds. The summed E-state index contributed by atoms with van der Waals surface area (Å²) < 4.78 is 7.11. The van der Waals surface area contributed by atoms with Crippen LogP contribution in [0.1, 0.15) is 36.0 Å². The molecule has 0 fully saturated rings.